The van der Waals surface area contributed by atoms with Crippen LogP contribution in [0.3, 0.4) is 0 Å². The first-order valence-electron chi connectivity index (χ1n) is 9.31. The van der Waals surface area contributed by atoms with E-state index in [0.717, 1.165) is 16.7 Å². The molecule has 2 aromatic rings. The second kappa shape index (κ2) is 6.05. The molecule has 4 atom stereocenters. The predicted octanol–water partition coefficient (Wildman–Crippen LogP) is 1.68. The Kier molecular flexibility index (Phi) is 3.62. The fraction of sp³-hybridized carbons (Fsp3) is 0.227. The van der Waals surface area contributed by atoms with Crippen molar-refractivity contribution in [3.05, 3.63) is 77.5 Å². The van der Waals surface area contributed by atoms with Gasteiger partial charge in [-0.05, 0) is 22.8 Å². The molecule has 3 aliphatic rings. The minimum atomic E-state index is -0.822. The Bertz CT molecular complexity index is 1020. The molecular formula is C22H19N3O3. The zero-order valence-corrected chi connectivity index (χ0v) is 15.1. The number of nitrogens with two attached hydrogens (primary N) is 1. The number of benzene rings is 2. The number of carbonyl (C=O) groups excluding carboxylic acids is 3. The van der Waals surface area contributed by atoms with E-state index in [1.807, 2.05) is 60.7 Å². The van der Waals surface area contributed by atoms with Crippen molar-refractivity contribution < 1.29 is 14.4 Å². The van der Waals surface area contributed by atoms with Crippen LogP contribution in [0.5, 0.6) is 0 Å². The summed E-state index contributed by atoms with van der Waals surface area (Å²) in [5, 5.41) is 0. The first kappa shape index (κ1) is 16.7. The monoisotopic (exact) mass is 373 g/mol. The number of carbonyl (C=O) groups is 3. The van der Waals surface area contributed by atoms with Gasteiger partial charge >= 0.3 is 0 Å². The number of rotatable bonds is 3. The Morgan fingerprint density at radius 2 is 1.61 bits per heavy atom. The van der Waals surface area contributed by atoms with E-state index in [2.05, 4.69) is 0 Å². The summed E-state index contributed by atoms with van der Waals surface area (Å²) in [6.45, 7) is 0.210. The van der Waals surface area contributed by atoms with Crippen LogP contribution in [0.2, 0.25) is 0 Å². The van der Waals surface area contributed by atoms with E-state index in [4.69, 9.17) is 5.73 Å². The summed E-state index contributed by atoms with van der Waals surface area (Å²) in [5.41, 5.74) is 8.51. The molecule has 0 aliphatic carbocycles. The molecule has 140 valence electrons. The maximum absolute atomic E-state index is 13.3. The fourth-order valence-electron chi connectivity index (χ4n) is 4.87. The van der Waals surface area contributed by atoms with Crippen LogP contribution in [0.25, 0.3) is 6.08 Å². The summed E-state index contributed by atoms with van der Waals surface area (Å²) >= 11 is 0. The molecule has 3 aliphatic heterocycles. The lowest BCUT2D eigenvalue weighted by Gasteiger charge is -2.34. The lowest BCUT2D eigenvalue weighted by molar-refractivity contribution is -0.143. The summed E-state index contributed by atoms with van der Waals surface area (Å²) in [6.07, 6.45) is 3.70. The van der Waals surface area contributed by atoms with E-state index < -0.39 is 23.8 Å². The van der Waals surface area contributed by atoms with Crippen molar-refractivity contribution in [3.8, 4) is 0 Å². The van der Waals surface area contributed by atoms with Gasteiger partial charge < -0.3 is 10.6 Å². The largest absolute Gasteiger partial charge is 0.368 e. The molecule has 1 unspecified atom stereocenters. The first-order valence-corrected chi connectivity index (χ1v) is 9.31. The third kappa shape index (κ3) is 2.24. The summed E-state index contributed by atoms with van der Waals surface area (Å²) in [7, 11) is 0. The molecule has 2 aromatic carbocycles. The number of hydrogen-bond acceptors (Lipinski definition) is 4. The Morgan fingerprint density at radius 1 is 0.929 bits per heavy atom. The van der Waals surface area contributed by atoms with Gasteiger partial charge in [0.05, 0.1) is 24.4 Å². The molecule has 5 rings (SSSR count). The van der Waals surface area contributed by atoms with E-state index >= 15 is 0 Å². The van der Waals surface area contributed by atoms with Crippen LogP contribution in [-0.4, -0.2) is 33.6 Å². The minimum Gasteiger partial charge on any atom is -0.368 e. The average Bonchev–Trinajstić information content (AvgIpc) is 3.18. The highest BCUT2D eigenvalue weighted by molar-refractivity contribution is 6.09. The molecule has 0 bridgehead atoms. The molecule has 6 nitrogen and oxygen atoms in total. The van der Waals surface area contributed by atoms with Gasteiger partial charge in [-0.2, -0.15) is 0 Å². The van der Waals surface area contributed by atoms with Crippen molar-refractivity contribution in [1.29, 1.82) is 0 Å². The smallest absolute Gasteiger partial charge is 0.240 e. The maximum Gasteiger partial charge on any atom is 0.240 e. The van der Waals surface area contributed by atoms with Crippen molar-refractivity contribution in [1.82, 2.24) is 9.80 Å². The lowest BCUT2D eigenvalue weighted by atomic mass is 9.84. The third-order valence-electron chi connectivity index (χ3n) is 6.03. The Morgan fingerprint density at radius 3 is 2.36 bits per heavy atom. The van der Waals surface area contributed by atoms with Gasteiger partial charge in [0, 0.05) is 6.20 Å². The van der Waals surface area contributed by atoms with E-state index in [1.54, 1.807) is 11.1 Å². The third-order valence-corrected chi connectivity index (χ3v) is 6.03. The number of likely N-dealkylation sites (tertiary alicyclic amines) is 1. The van der Waals surface area contributed by atoms with Crippen LogP contribution in [0.1, 0.15) is 22.7 Å². The molecule has 6 heteroatoms. The summed E-state index contributed by atoms with van der Waals surface area (Å²) in [6, 6.07) is 16.0. The summed E-state index contributed by atoms with van der Waals surface area (Å²) in [5.74, 6) is -2.50. The van der Waals surface area contributed by atoms with Gasteiger partial charge in [-0.3, -0.25) is 19.3 Å². The minimum absolute atomic E-state index is 0.210. The average molecular weight is 373 g/mol. The van der Waals surface area contributed by atoms with Crippen molar-refractivity contribution in [2.75, 3.05) is 0 Å². The van der Waals surface area contributed by atoms with Gasteiger partial charge in [0.1, 0.15) is 6.04 Å². The fourth-order valence-corrected chi connectivity index (χ4v) is 4.87. The molecule has 3 heterocycles. The van der Waals surface area contributed by atoms with Crippen molar-refractivity contribution in [2.24, 2.45) is 17.6 Å². The van der Waals surface area contributed by atoms with Gasteiger partial charge in [0.15, 0.2) is 0 Å². The van der Waals surface area contributed by atoms with E-state index in [-0.39, 0.29) is 24.4 Å². The van der Waals surface area contributed by atoms with Crippen LogP contribution < -0.4 is 5.73 Å². The highest BCUT2D eigenvalue weighted by Crippen LogP contribution is 2.52. The Hall–Kier alpha value is -3.41. The molecule has 28 heavy (non-hydrogen) atoms. The topological polar surface area (TPSA) is 83.7 Å². The number of primary amides is 1. The number of imide groups is 1. The van der Waals surface area contributed by atoms with E-state index in [9.17, 15) is 14.4 Å². The molecule has 0 aromatic heterocycles. The van der Waals surface area contributed by atoms with Gasteiger partial charge in [-0.1, -0.05) is 54.6 Å². The number of hydrogen-bond donors (Lipinski definition) is 1. The van der Waals surface area contributed by atoms with E-state index in [1.165, 1.54) is 4.90 Å². The zero-order chi connectivity index (χ0) is 19.4. The van der Waals surface area contributed by atoms with Gasteiger partial charge in [-0.15, -0.1) is 0 Å². The summed E-state index contributed by atoms with van der Waals surface area (Å²) in [4.78, 5) is 41.9. The predicted molar refractivity (Wildman–Crippen MR) is 102 cm³/mol. The summed E-state index contributed by atoms with van der Waals surface area (Å²) < 4.78 is 0. The first-order chi connectivity index (χ1) is 13.6. The molecule has 0 spiro atoms. The standard InChI is InChI=1S/C22H19N3O3/c23-20(26)19-17-16(18-15-9-5-4-8-14(15)10-11-24(18)19)21(27)25(22(17)28)12-13-6-2-1-3-7-13/h1-11,16-19H,12H2,(H2,23,26)/t16-,17+,18?,19-/m0/s1. The molecular weight excluding hydrogens is 354 g/mol. The SMILES string of the molecule is NC(=O)[C@@H]1[C@@H]2C(=O)N(Cc3ccccc3)C(=O)[C@@H]2C2c3ccccc3C=CN21. The Labute approximate surface area is 162 Å². The quantitative estimate of drug-likeness (QED) is 0.830. The van der Waals surface area contributed by atoms with Crippen molar-refractivity contribution in [3.63, 3.8) is 0 Å². The molecule has 2 N–H and O–H groups in total. The van der Waals surface area contributed by atoms with Gasteiger partial charge in [0.2, 0.25) is 17.7 Å². The number of amides is 3. The highest BCUT2D eigenvalue weighted by Gasteiger charge is 2.63. The molecule has 0 radical (unpaired) electrons. The van der Waals surface area contributed by atoms with Crippen molar-refractivity contribution >= 4 is 23.8 Å². The Balaban J connectivity index is 1.58. The number of nitrogens with zero attached hydrogens (tertiary/aromatic N) is 2. The normalized spacial score (nSPS) is 27.6. The molecule has 2 fully saturated rings. The van der Waals surface area contributed by atoms with E-state index in [0.29, 0.717) is 0 Å². The second-order valence-electron chi connectivity index (χ2n) is 7.48. The second-order valence-corrected chi connectivity index (χ2v) is 7.48. The van der Waals surface area contributed by atoms with Crippen molar-refractivity contribution in [2.45, 2.75) is 18.6 Å². The van der Waals surface area contributed by atoms with Crippen LogP contribution in [-0.2, 0) is 20.9 Å². The van der Waals surface area contributed by atoms with Gasteiger partial charge in [-0.25, -0.2) is 0 Å². The number of fused-ring (bicyclic) bond motifs is 5. The van der Waals surface area contributed by atoms with Crippen LogP contribution in [0.15, 0.2) is 60.8 Å². The van der Waals surface area contributed by atoms with Crippen LogP contribution >= 0.6 is 0 Å². The molecule has 3 amide bonds. The van der Waals surface area contributed by atoms with Crippen LogP contribution in [0, 0.1) is 11.8 Å². The lowest BCUT2D eigenvalue weighted by Crippen LogP contribution is -2.46. The maximum atomic E-state index is 13.3. The molecule has 2 saturated heterocycles. The highest BCUT2D eigenvalue weighted by atomic mass is 16.2. The zero-order valence-electron chi connectivity index (χ0n) is 15.1. The van der Waals surface area contributed by atoms with Gasteiger partial charge in [0.25, 0.3) is 0 Å². The molecule has 0 saturated carbocycles. The van der Waals surface area contributed by atoms with Crippen LogP contribution in [0.4, 0.5) is 0 Å².